The van der Waals surface area contributed by atoms with Crippen LogP contribution in [0.3, 0.4) is 0 Å². The minimum atomic E-state index is -0.221. The number of nitrogens with one attached hydrogen (secondary N) is 3. The van der Waals surface area contributed by atoms with Crippen molar-refractivity contribution < 1.29 is 9.18 Å². The minimum Gasteiger partial charge on any atom is -0.356 e. The summed E-state index contributed by atoms with van der Waals surface area (Å²) in [5, 5.41) is 9.14. The van der Waals surface area contributed by atoms with E-state index < -0.39 is 0 Å². The molecule has 8 heteroatoms. The topological polar surface area (TPSA) is 65.5 Å². The minimum absolute atomic E-state index is 0. The lowest BCUT2D eigenvalue weighted by Gasteiger charge is -2.14. The summed E-state index contributed by atoms with van der Waals surface area (Å²) >= 11 is 1.65. The molecule has 1 aromatic carbocycles. The van der Waals surface area contributed by atoms with Crippen molar-refractivity contribution in [3.63, 3.8) is 0 Å². The summed E-state index contributed by atoms with van der Waals surface area (Å²) in [7, 11) is 1.68. The molecule has 0 radical (unpaired) electrons. The smallest absolute Gasteiger partial charge is 0.221 e. The van der Waals surface area contributed by atoms with Gasteiger partial charge in [0.05, 0.1) is 0 Å². The van der Waals surface area contributed by atoms with Crippen molar-refractivity contribution in [3.05, 3.63) is 35.1 Å². The molecule has 142 valence electrons. The summed E-state index contributed by atoms with van der Waals surface area (Å²) < 4.78 is 13.4. The zero-order valence-electron chi connectivity index (χ0n) is 15.2. The van der Waals surface area contributed by atoms with Gasteiger partial charge < -0.3 is 16.0 Å². The van der Waals surface area contributed by atoms with E-state index in [1.165, 1.54) is 6.07 Å². The lowest BCUT2D eigenvalue weighted by Crippen LogP contribution is -2.39. The molecule has 1 rings (SSSR count). The van der Waals surface area contributed by atoms with Gasteiger partial charge in [-0.15, -0.1) is 24.0 Å². The number of carbonyl (C=O) groups is 1. The van der Waals surface area contributed by atoms with Crippen molar-refractivity contribution >= 4 is 47.6 Å². The van der Waals surface area contributed by atoms with Crippen molar-refractivity contribution in [2.75, 3.05) is 19.8 Å². The van der Waals surface area contributed by atoms with Gasteiger partial charge in [0.25, 0.3) is 0 Å². The third-order valence-electron chi connectivity index (χ3n) is 3.23. The molecule has 0 spiro atoms. The van der Waals surface area contributed by atoms with Crippen molar-refractivity contribution in [1.29, 1.82) is 0 Å². The Hall–Kier alpha value is -1.03. The van der Waals surface area contributed by atoms with Crippen LogP contribution in [0.5, 0.6) is 0 Å². The standard InChI is InChI=1S/C17H27FN4OS.HI/c1-12(2)22-16(23)7-8-20-17(19-3)21-10-13-5-6-15(18)9-14(13)11-24-4;/h5-6,9,12H,7-8,10-11H2,1-4H3,(H,22,23)(H2,19,20,21);1H. The number of amides is 1. The molecule has 0 saturated carbocycles. The van der Waals surface area contributed by atoms with Gasteiger partial charge in [0, 0.05) is 38.4 Å². The number of hydrogen-bond donors (Lipinski definition) is 3. The van der Waals surface area contributed by atoms with Gasteiger partial charge in [0.1, 0.15) is 5.82 Å². The number of hydrogen-bond acceptors (Lipinski definition) is 3. The van der Waals surface area contributed by atoms with Crippen molar-refractivity contribution in [2.45, 2.75) is 38.6 Å². The fraction of sp³-hybridized carbons (Fsp3) is 0.529. The average molecular weight is 482 g/mol. The van der Waals surface area contributed by atoms with Gasteiger partial charge >= 0.3 is 0 Å². The summed E-state index contributed by atoms with van der Waals surface area (Å²) in [6, 6.07) is 4.97. The van der Waals surface area contributed by atoms with Crippen LogP contribution in [-0.4, -0.2) is 37.8 Å². The maximum atomic E-state index is 13.4. The van der Waals surface area contributed by atoms with E-state index in [9.17, 15) is 9.18 Å². The predicted octanol–water partition coefficient (Wildman–Crippen LogP) is 2.89. The molecular formula is C17H28FIN4OS. The summed E-state index contributed by atoms with van der Waals surface area (Å²) in [4.78, 5) is 15.7. The van der Waals surface area contributed by atoms with Gasteiger partial charge in [-0.25, -0.2) is 4.39 Å². The first kappa shape index (κ1) is 24.0. The lowest BCUT2D eigenvalue weighted by atomic mass is 10.1. The Kier molecular flexibility index (Phi) is 12.7. The maximum absolute atomic E-state index is 13.4. The first-order chi connectivity index (χ1) is 11.5. The van der Waals surface area contributed by atoms with Crippen molar-refractivity contribution in [3.8, 4) is 0 Å². The number of rotatable bonds is 8. The highest BCUT2D eigenvalue weighted by Crippen LogP contribution is 2.16. The van der Waals surface area contributed by atoms with Crippen LogP contribution in [-0.2, 0) is 17.1 Å². The summed E-state index contributed by atoms with van der Waals surface area (Å²) in [6.07, 6.45) is 2.37. The number of thioether (sulfide) groups is 1. The van der Waals surface area contributed by atoms with Gasteiger partial charge in [0.15, 0.2) is 5.96 Å². The quantitative estimate of drug-likeness (QED) is 0.303. The fourth-order valence-corrected chi connectivity index (χ4v) is 2.72. The summed E-state index contributed by atoms with van der Waals surface area (Å²) in [5.41, 5.74) is 2.01. The normalized spacial score (nSPS) is 11.0. The molecule has 5 nitrogen and oxygen atoms in total. The van der Waals surface area contributed by atoms with Gasteiger partial charge in [-0.05, 0) is 43.4 Å². The monoisotopic (exact) mass is 482 g/mol. The molecule has 0 saturated heterocycles. The van der Waals surface area contributed by atoms with E-state index >= 15 is 0 Å². The van der Waals surface area contributed by atoms with Crippen LogP contribution in [0.4, 0.5) is 4.39 Å². The summed E-state index contributed by atoms with van der Waals surface area (Å²) in [6.45, 7) is 4.91. The van der Waals surface area contributed by atoms with Crippen molar-refractivity contribution in [2.24, 2.45) is 4.99 Å². The van der Waals surface area contributed by atoms with Crippen LogP contribution in [0.15, 0.2) is 23.2 Å². The Morgan fingerprint density at radius 2 is 2.00 bits per heavy atom. The maximum Gasteiger partial charge on any atom is 0.221 e. The lowest BCUT2D eigenvalue weighted by molar-refractivity contribution is -0.121. The van der Waals surface area contributed by atoms with E-state index in [0.717, 1.165) is 16.9 Å². The van der Waals surface area contributed by atoms with E-state index in [4.69, 9.17) is 0 Å². The molecule has 0 aromatic heterocycles. The Balaban J connectivity index is 0.00000576. The van der Waals surface area contributed by atoms with Crippen LogP contribution in [0, 0.1) is 5.82 Å². The van der Waals surface area contributed by atoms with Gasteiger partial charge in [0.2, 0.25) is 5.91 Å². The number of nitrogens with zero attached hydrogens (tertiary/aromatic N) is 1. The molecular weight excluding hydrogens is 454 g/mol. The molecule has 0 aliphatic carbocycles. The van der Waals surface area contributed by atoms with Crippen LogP contribution < -0.4 is 16.0 Å². The Morgan fingerprint density at radius 1 is 1.28 bits per heavy atom. The van der Waals surface area contributed by atoms with Crippen LogP contribution in [0.2, 0.25) is 0 Å². The third kappa shape index (κ3) is 9.88. The molecule has 0 unspecified atom stereocenters. The Bertz CT molecular complexity index is 570. The number of benzene rings is 1. The fourth-order valence-electron chi connectivity index (χ4n) is 2.14. The second-order valence-electron chi connectivity index (χ2n) is 5.67. The summed E-state index contributed by atoms with van der Waals surface area (Å²) in [5.74, 6) is 1.16. The zero-order valence-corrected chi connectivity index (χ0v) is 18.3. The zero-order chi connectivity index (χ0) is 17.9. The Morgan fingerprint density at radius 3 is 2.60 bits per heavy atom. The van der Waals surface area contributed by atoms with Crippen LogP contribution in [0.1, 0.15) is 31.4 Å². The molecule has 0 aliphatic heterocycles. The molecule has 1 amide bonds. The van der Waals surface area contributed by atoms with Gasteiger partial charge in [-0.1, -0.05) is 6.07 Å². The van der Waals surface area contributed by atoms with Crippen LogP contribution in [0.25, 0.3) is 0 Å². The van der Waals surface area contributed by atoms with Crippen LogP contribution >= 0.6 is 35.7 Å². The second kappa shape index (κ2) is 13.2. The van der Waals surface area contributed by atoms with E-state index in [-0.39, 0.29) is 41.7 Å². The molecule has 0 bridgehead atoms. The highest BCUT2D eigenvalue weighted by atomic mass is 127. The molecule has 3 N–H and O–H groups in total. The highest BCUT2D eigenvalue weighted by Gasteiger charge is 2.07. The predicted molar refractivity (Wildman–Crippen MR) is 115 cm³/mol. The van der Waals surface area contributed by atoms with Gasteiger partial charge in [-0.2, -0.15) is 11.8 Å². The molecule has 0 atom stereocenters. The second-order valence-corrected chi connectivity index (χ2v) is 6.54. The molecule has 0 aliphatic rings. The average Bonchev–Trinajstić information content (AvgIpc) is 2.51. The van der Waals surface area contributed by atoms with Gasteiger partial charge in [-0.3, -0.25) is 9.79 Å². The first-order valence-electron chi connectivity index (χ1n) is 7.96. The number of carbonyl (C=O) groups excluding carboxylic acids is 1. The largest absolute Gasteiger partial charge is 0.356 e. The van der Waals surface area contributed by atoms with E-state index in [1.54, 1.807) is 30.9 Å². The molecule has 25 heavy (non-hydrogen) atoms. The van der Waals surface area contributed by atoms with E-state index in [0.29, 0.717) is 25.5 Å². The van der Waals surface area contributed by atoms with E-state index in [1.807, 2.05) is 20.1 Å². The molecule has 0 heterocycles. The third-order valence-corrected chi connectivity index (χ3v) is 3.83. The number of aliphatic imine (C=N–C) groups is 1. The first-order valence-corrected chi connectivity index (χ1v) is 9.35. The van der Waals surface area contributed by atoms with E-state index in [2.05, 4.69) is 20.9 Å². The SMILES string of the molecule is CN=C(NCCC(=O)NC(C)C)NCc1ccc(F)cc1CSC.I. The highest BCUT2D eigenvalue weighted by molar-refractivity contribution is 14.0. The molecule has 1 aromatic rings. The Labute approximate surface area is 171 Å². The van der Waals surface area contributed by atoms with Crippen molar-refractivity contribution in [1.82, 2.24) is 16.0 Å². The molecule has 0 fully saturated rings. The number of guanidine groups is 1. The number of halogens is 2.